The van der Waals surface area contributed by atoms with E-state index in [-0.39, 0.29) is 11.5 Å². The number of rotatable bonds is 5. The van der Waals surface area contributed by atoms with Crippen LogP contribution < -0.4 is 4.74 Å². The minimum absolute atomic E-state index is 0.0493. The van der Waals surface area contributed by atoms with Crippen molar-refractivity contribution in [3.05, 3.63) is 95.1 Å². The van der Waals surface area contributed by atoms with Gasteiger partial charge in [0.2, 0.25) is 6.29 Å². The Labute approximate surface area is 204 Å². The van der Waals surface area contributed by atoms with Crippen LogP contribution in [0.5, 0.6) is 11.5 Å². The third-order valence-corrected chi connectivity index (χ3v) is 6.37. The zero-order valence-electron chi connectivity index (χ0n) is 18.6. The molecule has 5 rings (SSSR count). The van der Waals surface area contributed by atoms with Crippen LogP contribution in [0.15, 0.2) is 72.8 Å². The topological polar surface area (TPSA) is 163 Å². The number of aromatic hydroxyl groups is 1. The van der Waals surface area contributed by atoms with E-state index < -0.39 is 48.2 Å². The Morgan fingerprint density at radius 3 is 2.08 bits per heavy atom. The Balaban J connectivity index is 1.50. The van der Waals surface area contributed by atoms with E-state index in [0.717, 1.165) is 0 Å². The molecule has 36 heavy (non-hydrogen) atoms. The van der Waals surface area contributed by atoms with E-state index in [1.807, 2.05) is 0 Å². The third kappa shape index (κ3) is 3.76. The minimum atomic E-state index is -1.83. The SMILES string of the molecule is O=C1O[C@@](c2ccc(O)cc2)(c2ccc(O[C@@H]3O[C@H](C(=O)O)[C@@H](O)[C@H](O)[C@H]3O)cc2)c2ccccc21. The highest BCUT2D eigenvalue weighted by atomic mass is 16.7. The van der Waals surface area contributed by atoms with E-state index in [2.05, 4.69) is 0 Å². The number of phenols is 1. The van der Waals surface area contributed by atoms with Gasteiger partial charge in [0.15, 0.2) is 11.7 Å². The van der Waals surface area contributed by atoms with Gasteiger partial charge in [-0.1, -0.05) is 42.5 Å². The highest BCUT2D eigenvalue weighted by Crippen LogP contribution is 2.47. The fourth-order valence-corrected chi connectivity index (χ4v) is 4.56. The molecule has 2 aliphatic heterocycles. The molecule has 5 N–H and O–H groups in total. The first-order valence-corrected chi connectivity index (χ1v) is 11.0. The lowest BCUT2D eigenvalue weighted by molar-refractivity contribution is -0.271. The zero-order chi connectivity index (χ0) is 25.6. The molecule has 0 saturated carbocycles. The molecule has 6 atom stereocenters. The Morgan fingerprint density at radius 1 is 0.833 bits per heavy atom. The van der Waals surface area contributed by atoms with Crippen molar-refractivity contribution in [2.75, 3.05) is 0 Å². The Kier molecular flexibility index (Phi) is 5.89. The van der Waals surface area contributed by atoms with Crippen LogP contribution in [0.2, 0.25) is 0 Å². The molecule has 0 bridgehead atoms. The van der Waals surface area contributed by atoms with Crippen LogP contribution in [-0.4, -0.2) is 68.2 Å². The highest BCUT2D eigenvalue weighted by Gasteiger charge is 2.49. The van der Waals surface area contributed by atoms with Gasteiger partial charge in [0, 0.05) is 16.7 Å². The summed E-state index contributed by atoms with van der Waals surface area (Å²) in [4.78, 5) is 24.1. The average molecular weight is 494 g/mol. The van der Waals surface area contributed by atoms with Gasteiger partial charge in [0.05, 0.1) is 5.56 Å². The van der Waals surface area contributed by atoms with Crippen molar-refractivity contribution in [2.45, 2.75) is 36.3 Å². The van der Waals surface area contributed by atoms with E-state index in [4.69, 9.17) is 14.2 Å². The predicted octanol–water partition coefficient (Wildman–Crippen LogP) is 1.13. The lowest BCUT2D eigenvalue weighted by Gasteiger charge is -2.38. The number of fused-ring (bicyclic) bond motifs is 1. The number of esters is 1. The van der Waals surface area contributed by atoms with Crippen LogP contribution in [0.3, 0.4) is 0 Å². The van der Waals surface area contributed by atoms with Crippen LogP contribution in [-0.2, 0) is 19.9 Å². The smallest absolute Gasteiger partial charge is 0.340 e. The molecule has 1 saturated heterocycles. The number of aliphatic hydroxyl groups is 3. The fraction of sp³-hybridized carbons (Fsp3) is 0.231. The van der Waals surface area contributed by atoms with Gasteiger partial charge >= 0.3 is 11.9 Å². The molecule has 0 radical (unpaired) electrons. The molecular weight excluding hydrogens is 472 g/mol. The van der Waals surface area contributed by atoms with Gasteiger partial charge < -0.3 is 39.7 Å². The number of benzene rings is 3. The summed E-state index contributed by atoms with van der Waals surface area (Å²) in [5.41, 5.74) is 0.858. The van der Waals surface area contributed by atoms with Crippen molar-refractivity contribution >= 4 is 11.9 Å². The number of aliphatic hydroxyl groups excluding tert-OH is 3. The van der Waals surface area contributed by atoms with Gasteiger partial charge in [-0.15, -0.1) is 0 Å². The molecular formula is C26H22O10. The van der Waals surface area contributed by atoms with Gasteiger partial charge in [-0.25, -0.2) is 9.59 Å². The van der Waals surface area contributed by atoms with Crippen molar-refractivity contribution in [3.8, 4) is 11.5 Å². The minimum Gasteiger partial charge on any atom is -0.508 e. The maximum Gasteiger partial charge on any atom is 0.340 e. The first kappa shape index (κ1) is 23.8. The number of aliphatic carboxylic acids is 1. The normalized spacial score (nSPS) is 29.3. The predicted molar refractivity (Wildman–Crippen MR) is 121 cm³/mol. The van der Waals surface area contributed by atoms with Crippen molar-refractivity contribution in [1.29, 1.82) is 0 Å². The quantitative estimate of drug-likeness (QED) is 0.325. The highest BCUT2D eigenvalue weighted by molar-refractivity contribution is 5.96. The van der Waals surface area contributed by atoms with E-state index >= 15 is 0 Å². The number of hydrogen-bond donors (Lipinski definition) is 5. The molecule has 2 heterocycles. The fourth-order valence-electron chi connectivity index (χ4n) is 4.56. The van der Waals surface area contributed by atoms with E-state index in [1.165, 1.54) is 24.3 Å². The van der Waals surface area contributed by atoms with Gasteiger partial charge in [-0.3, -0.25) is 0 Å². The van der Waals surface area contributed by atoms with Crippen LogP contribution in [0.25, 0.3) is 0 Å². The molecule has 0 spiro atoms. The van der Waals surface area contributed by atoms with Crippen LogP contribution >= 0.6 is 0 Å². The van der Waals surface area contributed by atoms with E-state index in [1.54, 1.807) is 48.5 Å². The number of cyclic esters (lactones) is 1. The lowest BCUT2D eigenvalue weighted by atomic mass is 9.80. The second-order valence-electron chi connectivity index (χ2n) is 8.54. The Hall–Kier alpha value is -3.96. The summed E-state index contributed by atoms with van der Waals surface area (Å²) in [7, 11) is 0. The van der Waals surface area contributed by atoms with Crippen molar-refractivity contribution in [2.24, 2.45) is 0 Å². The van der Waals surface area contributed by atoms with Gasteiger partial charge in [0.1, 0.15) is 29.8 Å². The molecule has 2 aliphatic rings. The molecule has 3 aromatic carbocycles. The molecule has 0 aromatic heterocycles. The summed E-state index contributed by atoms with van der Waals surface area (Å²) in [6.07, 6.45) is -8.69. The van der Waals surface area contributed by atoms with Crippen molar-refractivity contribution in [1.82, 2.24) is 0 Å². The number of carbonyl (C=O) groups is 2. The van der Waals surface area contributed by atoms with E-state index in [9.17, 15) is 35.1 Å². The maximum atomic E-state index is 12.8. The number of hydrogen-bond acceptors (Lipinski definition) is 9. The zero-order valence-corrected chi connectivity index (χ0v) is 18.6. The van der Waals surface area contributed by atoms with Crippen molar-refractivity contribution < 1.29 is 49.3 Å². The van der Waals surface area contributed by atoms with E-state index in [0.29, 0.717) is 22.3 Å². The third-order valence-electron chi connectivity index (χ3n) is 6.37. The summed E-state index contributed by atoms with van der Waals surface area (Å²) in [6.45, 7) is 0. The number of carboxylic acids is 1. The van der Waals surface area contributed by atoms with Crippen molar-refractivity contribution in [3.63, 3.8) is 0 Å². The maximum absolute atomic E-state index is 12.8. The summed E-state index contributed by atoms with van der Waals surface area (Å²) in [5.74, 6) is -1.82. The molecule has 3 aromatic rings. The number of carbonyl (C=O) groups excluding carboxylic acids is 1. The average Bonchev–Trinajstić information content (AvgIpc) is 3.18. The first-order chi connectivity index (χ1) is 17.2. The number of carboxylic acid groups (broad SMARTS) is 1. The van der Waals surface area contributed by atoms with Gasteiger partial charge in [-0.05, 0) is 30.3 Å². The molecule has 10 heteroatoms. The Morgan fingerprint density at radius 2 is 1.44 bits per heavy atom. The van der Waals surface area contributed by atoms with Crippen LogP contribution in [0.4, 0.5) is 0 Å². The molecule has 1 fully saturated rings. The van der Waals surface area contributed by atoms with Gasteiger partial charge in [0.25, 0.3) is 0 Å². The number of phenolic OH excluding ortho intramolecular Hbond substituents is 1. The van der Waals surface area contributed by atoms with Crippen LogP contribution in [0, 0.1) is 0 Å². The molecule has 10 nitrogen and oxygen atoms in total. The molecule has 0 unspecified atom stereocenters. The summed E-state index contributed by atoms with van der Waals surface area (Å²) < 4.78 is 16.7. The standard InChI is InChI=1S/C26H22O10/c27-15-9-5-13(6-10-15)26(18-4-2-1-3-17(18)24(33)36-26)14-7-11-16(12-8-14)34-25-21(30)19(28)20(29)22(35-25)23(31)32/h1-12,19-22,25,27-30H,(H,31,32)/t19-,20-,21+,22-,25+,26-/m0/s1. The summed E-state index contributed by atoms with van der Waals surface area (Å²) in [6, 6.07) is 19.5. The second kappa shape index (κ2) is 8.92. The summed E-state index contributed by atoms with van der Waals surface area (Å²) >= 11 is 0. The van der Waals surface area contributed by atoms with Gasteiger partial charge in [-0.2, -0.15) is 0 Å². The molecule has 0 aliphatic carbocycles. The first-order valence-electron chi connectivity index (χ1n) is 11.0. The molecule has 0 amide bonds. The molecule has 186 valence electrons. The lowest BCUT2D eigenvalue weighted by Crippen LogP contribution is -2.61. The summed E-state index contributed by atoms with van der Waals surface area (Å²) in [5, 5.41) is 49.1. The Bertz CT molecular complexity index is 1290. The number of ether oxygens (including phenoxy) is 3. The van der Waals surface area contributed by atoms with Crippen LogP contribution in [0.1, 0.15) is 27.0 Å². The monoisotopic (exact) mass is 494 g/mol. The second-order valence-corrected chi connectivity index (χ2v) is 8.54. The largest absolute Gasteiger partial charge is 0.508 e.